The lowest BCUT2D eigenvalue weighted by Gasteiger charge is -2.34. The molecule has 1 amide bonds. The smallest absolute Gasteiger partial charge is 0.281 e. The molecule has 106 valence electrons. The van der Waals surface area contributed by atoms with Crippen LogP contribution in [0.1, 0.15) is 17.4 Å². The summed E-state index contributed by atoms with van der Waals surface area (Å²) in [6.07, 6.45) is 0. The van der Waals surface area contributed by atoms with Gasteiger partial charge in [0.2, 0.25) is 11.5 Å². The number of nitrogens with zero attached hydrogens (tertiary/aromatic N) is 3. The van der Waals surface area contributed by atoms with Gasteiger partial charge < -0.3 is 10.6 Å². The van der Waals surface area contributed by atoms with Crippen LogP contribution in [0.15, 0.2) is 4.63 Å². The Morgan fingerprint density at radius 1 is 1.58 bits per heavy atom. The van der Waals surface area contributed by atoms with Crippen LogP contribution >= 0.6 is 11.8 Å². The number of amides is 1. The van der Waals surface area contributed by atoms with Gasteiger partial charge in [-0.1, -0.05) is 6.92 Å². The third-order valence-corrected chi connectivity index (χ3v) is 6.17. The van der Waals surface area contributed by atoms with E-state index in [0.29, 0.717) is 18.1 Å². The highest BCUT2D eigenvalue weighted by atomic mass is 32.2. The van der Waals surface area contributed by atoms with E-state index in [-0.39, 0.29) is 17.3 Å². The Balaban J connectivity index is 2.31. The minimum atomic E-state index is -3.35. The van der Waals surface area contributed by atoms with Crippen molar-refractivity contribution in [1.82, 2.24) is 15.2 Å². The summed E-state index contributed by atoms with van der Waals surface area (Å²) in [5, 5.41) is 5.91. The van der Waals surface area contributed by atoms with Crippen molar-refractivity contribution in [3.05, 3.63) is 5.69 Å². The molecule has 0 radical (unpaired) electrons. The zero-order valence-corrected chi connectivity index (χ0v) is 11.9. The highest BCUT2D eigenvalue weighted by Gasteiger charge is 2.37. The molecule has 1 aliphatic rings. The molecule has 1 saturated heterocycles. The summed E-state index contributed by atoms with van der Waals surface area (Å²) in [5.74, 6) is 0.325. The Morgan fingerprint density at radius 2 is 2.32 bits per heavy atom. The van der Waals surface area contributed by atoms with Gasteiger partial charge in [0.25, 0.3) is 5.91 Å². The molecular weight excluding hydrogens is 292 g/mol. The third kappa shape index (κ3) is 2.68. The fraction of sp³-hybridized carbons (Fsp3) is 0.667. The minimum Gasteiger partial charge on any atom is -0.379 e. The van der Waals surface area contributed by atoms with E-state index >= 15 is 0 Å². The molecule has 0 aliphatic carbocycles. The Kier molecular flexibility index (Phi) is 3.99. The van der Waals surface area contributed by atoms with Crippen LogP contribution in [-0.4, -0.2) is 58.7 Å². The second kappa shape index (κ2) is 5.37. The number of sulfone groups is 1. The van der Waals surface area contributed by atoms with Crippen LogP contribution in [0.5, 0.6) is 0 Å². The molecule has 1 fully saturated rings. The molecule has 2 rings (SSSR count). The van der Waals surface area contributed by atoms with Crippen molar-refractivity contribution in [3.63, 3.8) is 0 Å². The van der Waals surface area contributed by atoms with Crippen LogP contribution < -0.4 is 5.73 Å². The SMILES string of the molecule is CCS(=O)(=O)C1CSCCN1C(=O)c1nonc1N. The van der Waals surface area contributed by atoms with Crippen LogP contribution in [-0.2, 0) is 9.84 Å². The third-order valence-electron chi connectivity index (χ3n) is 2.88. The topological polar surface area (TPSA) is 119 Å². The number of hydrogen-bond acceptors (Lipinski definition) is 8. The van der Waals surface area contributed by atoms with Gasteiger partial charge >= 0.3 is 0 Å². The zero-order chi connectivity index (χ0) is 14.0. The molecule has 1 aromatic heterocycles. The number of carbonyl (C=O) groups is 1. The predicted molar refractivity (Wildman–Crippen MR) is 70.3 cm³/mol. The van der Waals surface area contributed by atoms with Gasteiger partial charge in [0.1, 0.15) is 5.37 Å². The van der Waals surface area contributed by atoms with Gasteiger partial charge in [0, 0.05) is 23.8 Å². The maximum atomic E-state index is 12.3. The van der Waals surface area contributed by atoms with Gasteiger partial charge in [-0.15, -0.1) is 0 Å². The Morgan fingerprint density at radius 3 is 2.89 bits per heavy atom. The summed E-state index contributed by atoms with van der Waals surface area (Å²) in [6.45, 7) is 1.89. The summed E-state index contributed by atoms with van der Waals surface area (Å²) >= 11 is 1.50. The highest BCUT2D eigenvalue weighted by molar-refractivity contribution is 8.01. The number of aromatic nitrogens is 2. The molecule has 10 heteroatoms. The first-order valence-corrected chi connectivity index (χ1v) is 8.52. The average molecular weight is 306 g/mol. The Bertz CT molecular complexity index is 571. The van der Waals surface area contributed by atoms with Gasteiger partial charge in [-0.25, -0.2) is 13.0 Å². The number of rotatable bonds is 3. The number of thioether (sulfide) groups is 1. The largest absolute Gasteiger partial charge is 0.379 e. The molecule has 1 aromatic rings. The molecule has 1 aliphatic heterocycles. The van der Waals surface area contributed by atoms with Crippen molar-refractivity contribution in [2.45, 2.75) is 12.3 Å². The number of nitrogen functional groups attached to an aromatic ring is 1. The summed E-state index contributed by atoms with van der Waals surface area (Å²) in [7, 11) is -3.35. The lowest BCUT2D eigenvalue weighted by atomic mass is 10.3. The Hall–Kier alpha value is -1.29. The number of anilines is 1. The van der Waals surface area contributed by atoms with E-state index < -0.39 is 21.1 Å². The normalized spacial score (nSPS) is 20.5. The van der Waals surface area contributed by atoms with Crippen LogP contribution in [0.2, 0.25) is 0 Å². The number of carbonyl (C=O) groups excluding carboxylic acids is 1. The first-order valence-electron chi connectivity index (χ1n) is 5.65. The molecule has 2 heterocycles. The van der Waals surface area contributed by atoms with Crippen molar-refractivity contribution in [2.75, 3.05) is 29.5 Å². The molecule has 19 heavy (non-hydrogen) atoms. The molecule has 8 nitrogen and oxygen atoms in total. The quantitative estimate of drug-likeness (QED) is 0.801. The molecule has 0 spiro atoms. The van der Waals surface area contributed by atoms with Crippen molar-refractivity contribution in [3.8, 4) is 0 Å². The van der Waals surface area contributed by atoms with Crippen molar-refractivity contribution in [1.29, 1.82) is 0 Å². The lowest BCUT2D eigenvalue weighted by molar-refractivity contribution is 0.0739. The molecule has 1 unspecified atom stereocenters. The van der Waals surface area contributed by atoms with E-state index in [0.717, 1.165) is 0 Å². The summed E-state index contributed by atoms with van der Waals surface area (Å²) < 4.78 is 28.4. The van der Waals surface area contributed by atoms with Crippen LogP contribution in [0.25, 0.3) is 0 Å². The first-order chi connectivity index (χ1) is 8.97. The molecule has 0 saturated carbocycles. The minimum absolute atomic E-state index is 0.0193. The molecule has 0 aromatic carbocycles. The summed E-state index contributed by atoms with van der Waals surface area (Å²) in [5.41, 5.74) is 5.33. The number of hydrogen-bond donors (Lipinski definition) is 1. The molecular formula is C9H14N4O4S2. The molecule has 1 atom stereocenters. The van der Waals surface area contributed by atoms with Crippen molar-refractivity contribution in [2.24, 2.45) is 0 Å². The monoisotopic (exact) mass is 306 g/mol. The van der Waals surface area contributed by atoms with Gasteiger partial charge in [-0.2, -0.15) is 11.8 Å². The first kappa shape index (κ1) is 14.1. The zero-order valence-electron chi connectivity index (χ0n) is 10.3. The van der Waals surface area contributed by atoms with E-state index in [2.05, 4.69) is 14.9 Å². The molecule has 0 bridgehead atoms. The lowest BCUT2D eigenvalue weighted by Crippen LogP contribution is -2.50. The van der Waals surface area contributed by atoms with Gasteiger partial charge in [0.15, 0.2) is 9.84 Å². The highest BCUT2D eigenvalue weighted by Crippen LogP contribution is 2.23. The predicted octanol–water partition coefficient (Wildman–Crippen LogP) is -0.398. The van der Waals surface area contributed by atoms with E-state index in [4.69, 9.17) is 5.73 Å². The standard InChI is InChI=1S/C9H14N4O4S2/c1-2-19(15,16)6-5-18-4-3-13(6)9(14)7-8(10)12-17-11-7/h6H,2-5H2,1H3,(H2,10,12). The van der Waals surface area contributed by atoms with E-state index in [1.54, 1.807) is 6.92 Å². The van der Waals surface area contributed by atoms with Crippen LogP contribution in [0.3, 0.4) is 0 Å². The van der Waals surface area contributed by atoms with E-state index in [1.165, 1.54) is 16.7 Å². The fourth-order valence-corrected chi connectivity index (χ4v) is 4.75. The Labute approximate surface area is 114 Å². The van der Waals surface area contributed by atoms with Crippen LogP contribution in [0.4, 0.5) is 5.82 Å². The number of nitrogens with two attached hydrogens (primary N) is 1. The second-order valence-corrected chi connectivity index (χ2v) is 7.57. The van der Waals surface area contributed by atoms with Gasteiger partial charge in [-0.3, -0.25) is 4.79 Å². The van der Waals surface area contributed by atoms with Crippen molar-refractivity contribution < 1.29 is 17.8 Å². The molecule has 2 N–H and O–H groups in total. The maximum absolute atomic E-state index is 12.3. The van der Waals surface area contributed by atoms with Gasteiger partial charge in [-0.05, 0) is 10.3 Å². The van der Waals surface area contributed by atoms with Gasteiger partial charge in [0.05, 0.1) is 0 Å². The maximum Gasteiger partial charge on any atom is 0.281 e. The van der Waals surface area contributed by atoms with Crippen molar-refractivity contribution >= 4 is 33.3 Å². The van der Waals surface area contributed by atoms with E-state index in [1.807, 2.05) is 0 Å². The average Bonchev–Trinajstić information content (AvgIpc) is 2.84. The van der Waals surface area contributed by atoms with Crippen LogP contribution in [0, 0.1) is 0 Å². The summed E-state index contributed by atoms with van der Waals surface area (Å²) in [4.78, 5) is 13.5. The summed E-state index contributed by atoms with van der Waals surface area (Å²) in [6, 6.07) is 0. The fourth-order valence-electron chi connectivity index (χ4n) is 1.78. The second-order valence-electron chi connectivity index (χ2n) is 3.98. The van der Waals surface area contributed by atoms with E-state index in [9.17, 15) is 13.2 Å².